The van der Waals surface area contributed by atoms with Gasteiger partial charge in [-0.2, -0.15) is 0 Å². The van der Waals surface area contributed by atoms with Gasteiger partial charge in [0.1, 0.15) is 0 Å². The first-order chi connectivity index (χ1) is 13.2. The van der Waals surface area contributed by atoms with Crippen LogP contribution in [-0.2, 0) is 4.74 Å². The molecule has 148 valence electrons. The lowest BCUT2D eigenvalue weighted by Gasteiger charge is -2.27. The third-order valence-electron chi connectivity index (χ3n) is 4.85. The van der Waals surface area contributed by atoms with Crippen molar-refractivity contribution in [2.45, 2.75) is 58.4 Å². The van der Waals surface area contributed by atoms with Gasteiger partial charge in [0.2, 0.25) is 0 Å². The minimum Gasteiger partial charge on any atom is -0.502 e. The molecular weight excluding hydrogens is 330 g/mol. The van der Waals surface area contributed by atoms with Crippen molar-refractivity contribution < 1.29 is 4.74 Å². The van der Waals surface area contributed by atoms with Crippen LogP contribution in [0.3, 0.4) is 0 Å². The number of hydrogen-bond donors (Lipinski definition) is 0. The molecule has 1 aliphatic rings. The van der Waals surface area contributed by atoms with Crippen molar-refractivity contribution in [2.24, 2.45) is 11.8 Å². The smallest absolute Gasteiger partial charge is 0.0870 e. The van der Waals surface area contributed by atoms with Crippen molar-refractivity contribution in [3.8, 4) is 12.3 Å². The monoisotopic (exact) mass is 367 g/mol. The molecule has 27 heavy (non-hydrogen) atoms. The van der Waals surface area contributed by atoms with Crippen LogP contribution in [0.5, 0.6) is 0 Å². The summed E-state index contributed by atoms with van der Waals surface area (Å²) in [7, 11) is 0. The van der Waals surface area contributed by atoms with E-state index in [1.165, 1.54) is 18.4 Å². The largest absolute Gasteiger partial charge is 0.502 e. The second kappa shape index (κ2) is 14.0. The number of hydrogen-bond acceptors (Lipinski definition) is 2. The maximum Gasteiger partial charge on any atom is 0.0870 e. The Kier molecular flexibility index (Phi) is 11.9. The number of allylic oxidation sites excluding steroid dienone is 5. The molecule has 2 nitrogen and oxygen atoms in total. The minimum absolute atomic E-state index is 0.355. The summed E-state index contributed by atoms with van der Waals surface area (Å²) in [6.45, 7) is 13.9. The zero-order valence-corrected chi connectivity index (χ0v) is 17.3. The molecule has 0 aromatic carbocycles. The van der Waals surface area contributed by atoms with Crippen LogP contribution in [0.2, 0.25) is 0 Å². The second-order valence-corrected chi connectivity index (χ2v) is 7.10. The van der Waals surface area contributed by atoms with Crippen LogP contribution in [0.1, 0.15) is 52.4 Å². The van der Waals surface area contributed by atoms with Gasteiger partial charge in [-0.1, -0.05) is 43.4 Å². The van der Waals surface area contributed by atoms with Crippen LogP contribution in [0.25, 0.3) is 0 Å². The maximum atomic E-state index is 5.62. The molecule has 0 spiro atoms. The van der Waals surface area contributed by atoms with Crippen molar-refractivity contribution in [2.75, 3.05) is 13.2 Å². The normalized spacial score (nSPS) is 16.9. The fraction of sp³-hybridized carbons (Fsp3) is 0.520. The summed E-state index contributed by atoms with van der Waals surface area (Å²) in [5, 5.41) is 0. The average Bonchev–Trinajstić information content (AvgIpc) is 3.51. The van der Waals surface area contributed by atoms with Crippen LogP contribution in [0, 0.1) is 24.2 Å². The van der Waals surface area contributed by atoms with Gasteiger partial charge < -0.3 is 9.64 Å². The van der Waals surface area contributed by atoms with Crippen LogP contribution in [0.15, 0.2) is 61.6 Å². The number of terminal acetylenes is 1. The van der Waals surface area contributed by atoms with Gasteiger partial charge in [0, 0.05) is 19.0 Å². The van der Waals surface area contributed by atoms with Crippen LogP contribution in [-0.4, -0.2) is 24.1 Å². The first-order valence-electron chi connectivity index (χ1n) is 10.2. The van der Waals surface area contributed by atoms with Gasteiger partial charge in [0.05, 0.1) is 12.9 Å². The highest BCUT2D eigenvalue weighted by atomic mass is 16.5. The highest BCUT2D eigenvalue weighted by molar-refractivity contribution is 5.17. The fourth-order valence-corrected chi connectivity index (χ4v) is 3.25. The molecule has 0 aromatic heterocycles. The zero-order valence-electron chi connectivity index (χ0n) is 17.3. The van der Waals surface area contributed by atoms with Crippen molar-refractivity contribution in [1.29, 1.82) is 0 Å². The Hall–Kier alpha value is -2.14. The van der Waals surface area contributed by atoms with Crippen molar-refractivity contribution >= 4 is 0 Å². The summed E-state index contributed by atoms with van der Waals surface area (Å²) in [5.41, 5.74) is 1.39. The molecule has 0 amide bonds. The van der Waals surface area contributed by atoms with Gasteiger partial charge in [-0.25, -0.2) is 0 Å². The van der Waals surface area contributed by atoms with E-state index in [1.807, 2.05) is 18.5 Å². The molecule has 0 bridgehead atoms. The Morgan fingerprint density at radius 2 is 2.11 bits per heavy atom. The number of nitrogens with zero attached hydrogens (tertiary/aromatic N) is 1. The summed E-state index contributed by atoms with van der Waals surface area (Å²) >= 11 is 0. The van der Waals surface area contributed by atoms with Gasteiger partial charge in [0.25, 0.3) is 0 Å². The maximum absolute atomic E-state index is 5.62. The van der Waals surface area contributed by atoms with Crippen LogP contribution in [0.4, 0.5) is 0 Å². The molecular formula is C25H37NO. The Balaban J connectivity index is 2.91. The Bertz CT molecular complexity index is 559. The first-order valence-corrected chi connectivity index (χ1v) is 10.2. The Morgan fingerprint density at radius 1 is 1.33 bits per heavy atom. The lowest BCUT2D eigenvalue weighted by atomic mass is 9.86. The molecule has 0 saturated heterocycles. The summed E-state index contributed by atoms with van der Waals surface area (Å²) < 4.78 is 5.62. The predicted molar refractivity (Wildman–Crippen MR) is 118 cm³/mol. The molecule has 1 saturated carbocycles. The van der Waals surface area contributed by atoms with E-state index in [2.05, 4.69) is 62.1 Å². The van der Waals surface area contributed by atoms with E-state index in [-0.39, 0.29) is 0 Å². The summed E-state index contributed by atoms with van der Waals surface area (Å²) in [6, 6.07) is 0.666. The quantitative estimate of drug-likeness (QED) is 0.147. The third kappa shape index (κ3) is 9.38. The van der Waals surface area contributed by atoms with E-state index >= 15 is 0 Å². The van der Waals surface area contributed by atoms with Crippen LogP contribution >= 0.6 is 0 Å². The fourth-order valence-electron chi connectivity index (χ4n) is 3.25. The molecule has 2 heteroatoms. The molecule has 1 fully saturated rings. The van der Waals surface area contributed by atoms with Crippen LogP contribution < -0.4 is 0 Å². The topological polar surface area (TPSA) is 12.5 Å². The van der Waals surface area contributed by atoms with E-state index in [1.54, 1.807) is 0 Å². The molecule has 0 heterocycles. The van der Waals surface area contributed by atoms with E-state index in [9.17, 15) is 0 Å². The highest BCUT2D eigenvalue weighted by Crippen LogP contribution is 2.31. The van der Waals surface area contributed by atoms with E-state index in [4.69, 9.17) is 11.2 Å². The molecule has 0 aliphatic heterocycles. The SMILES string of the molecule is C#CC/C=C/C(CC(/C=C/OCCC)CN(C=C)C1CC1)/C(=C/C)CC=C. The van der Waals surface area contributed by atoms with Crippen molar-refractivity contribution in [1.82, 2.24) is 4.90 Å². The van der Waals surface area contributed by atoms with E-state index < -0.39 is 0 Å². The third-order valence-corrected chi connectivity index (χ3v) is 4.85. The first kappa shape index (κ1) is 22.9. The molecule has 0 N–H and O–H groups in total. The highest BCUT2D eigenvalue weighted by Gasteiger charge is 2.28. The second-order valence-electron chi connectivity index (χ2n) is 7.10. The summed E-state index contributed by atoms with van der Waals surface area (Å²) in [6.07, 6.45) is 26.3. The van der Waals surface area contributed by atoms with Crippen molar-refractivity contribution in [3.05, 3.63) is 61.6 Å². The predicted octanol–water partition coefficient (Wildman–Crippen LogP) is 6.26. The number of rotatable bonds is 15. The Morgan fingerprint density at radius 3 is 2.67 bits per heavy atom. The molecule has 0 radical (unpaired) electrons. The minimum atomic E-state index is 0.355. The number of ether oxygens (including phenoxy) is 1. The molecule has 2 unspecified atom stereocenters. The zero-order chi connectivity index (χ0) is 19.9. The molecule has 0 aromatic rings. The standard InChI is InChI=1S/C25H37NO/c1-6-11-12-14-24(23(9-4)13-7-2)20-22(17-19-27-18-8-3)21-26(10-5)25-15-16-25/h1,7,9-10,12,14,17,19,22,24-25H,2,5,8,11,13,15-16,18,20-21H2,3-4H3/b14-12+,19-17+,23-9+. The lowest BCUT2D eigenvalue weighted by molar-refractivity contribution is 0.242. The van der Waals surface area contributed by atoms with E-state index in [0.29, 0.717) is 24.3 Å². The van der Waals surface area contributed by atoms with Gasteiger partial charge >= 0.3 is 0 Å². The summed E-state index contributed by atoms with van der Waals surface area (Å²) in [4.78, 5) is 2.39. The van der Waals surface area contributed by atoms with Gasteiger partial charge in [0.15, 0.2) is 0 Å². The van der Waals surface area contributed by atoms with Gasteiger partial charge in [-0.3, -0.25) is 0 Å². The molecule has 1 aliphatic carbocycles. The van der Waals surface area contributed by atoms with Crippen molar-refractivity contribution in [3.63, 3.8) is 0 Å². The van der Waals surface area contributed by atoms with Gasteiger partial charge in [-0.05, 0) is 63.1 Å². The Labute approximate surface area is 167 Å². The van der Waals surface area contributed by atoms with Gasteiger partial charge in [-0.15, -0.1) is 18.9 Å². The molecule has 2 atom stereocenters. The van der Waals surface area contributed by atoms with E-state index in [0.717, 1.165) is 32.4 Å². The lowest BCUT2D eigenvalue weighted by Crippen LogP contribution is -2.27. The summed E-state index contributed by atoms with van der Waals surface area (Å²) in [5.74, 6) is 3.44. The average molecular weight is 368 g/mol. The molecule has 1 rings (SSSR count).